The molecule has 2 aromatic rings. The van der Waals surface area contributed by atoms with Gasteiger partial charge in [-0.2, -0.15) is 0 Å². The first-order valence-corrected chi connectivity index (χ1v) is 15.8. The molecule has 0 spiro atoms. The molecular weight excluding hydrogens is 588 g/mol. The van der Waals surface area contributed by atoms with Gasteiger partial charge in [-0.25, -0.2) is 0 Å². The Morgan fingerprint density at radius 1 is 0.531 bits per heavy atom. The molecule has 0 aliphatic heterocycles. The van der Waals surface area contributed by atoms with Gasteiger partial charge in [0.05, 0.1) is 0 Å². The van der Waals surface area contributed by atoms with Crippen LogP contribution in [0.15, 0.2) is 46.9 Å². The molecule has 0 atom stereocenters. The third-order valence-corrected chi connectivity index (χ3v) is 8.82. The molecule has 3 heteroatoms. The molecule has 0 N–H and O–H groups in total. The zero-order valence-corrected chi connectivity index (χ0v) is 24.2. The average Bonchev–Trinajstić information content (AvgIpc) is 3.07. The van der Waals surface area contributed by atoms with E-state index in [9.17, 15) is 0 Å². The quantitative estimate of drug-likeness (QED) is 0.128. The van der Waals surface area contributed by atoms with E-state index in [0.29, 0.717) is 0 Å². The number of rotatable bonds is 16. The van der Waals surface area contributed by atoms with Crippen LogP contribution in [0.25, 0.3) is 11.1 Å². The van der Waals surface area contributed by atoms with Crippen LogP contribution in [0.5, 0.6) is 0 Å². The van der Waals surface area contributed by atoms with Crippen LogP contribution in [0.3, 0.4) is 0 Å². The van der Waals surface area contributed by atoms with E-state index in [0.717, 1.165) is 10.7 Å². The topological polar surface area (TPSA) is 0 Å². The fourth-order valence-corrected chi connectivity index (χ4v) is 6.70. The van der Waals surface area contributed by atoms with Crippen molar-refractivity contribution in [2.75, 3.05) is 10.7 Å². The summed E-state index contributed by atoms with van der Waals surface area (Å²) in [7, 11) is 0. The number of fused-ring (bicyclic) bond motifs is 3. The first-order valence-electron chi connectivity index (χ1n) is 12.7. The Labute approximate surface area is 221 Å². The summed E-state index contributed by atoms with van der Waals surface area (Å²) in [6, 6.07) is 16.3. The second-order valence-corrected chi connectivity index (χ2v) is 11.9. The normalized spacial score (nSPS) is 13.8. The lowest BCUT2D eigenvalue weighted by Gasteiger charge is -2.33. The van der Waals surface area contributed by atoms with Gasteiger partial charge in [-0.1, -0.05) is 142 Å². The lowest BCUT2D eigenvalue weighted by molar-refractivity contribution is 0.398. The van der Waals surface area contributed by atoms with E-state index in [2.05, 4.69) is 90.3 Å². The molecule has 0 aromatic heterocycles. The fourth-order valence-electron chi connectivity index (χ4n) is 5.55. The van der Waals surface area contributed by atoms with Gasteiger partial charge in [0.1, 0.15) is 0 Å². The number of benzene rings is 2. The van der Waals surface area contributed by atoms with Gasteiger partial charge in [-0.05, 0) is 60.1 Å². The van der Waals surface area contributed by atoms with E-state index in [1.54, 1.807) is 11.1 Å². The van der Waals surface area contributed by atoms with Crippen molar-refractivity contribution in [2.24, 2.45) is 0 Å². The number of unbranched alkanes of at least 4 members (excludes halogenated alkanes) is 10. The molecule has 0 fully saturated rings. The first kappa shape index (κ1) is 26.5. The van der Waals surface area contributed by atoms with Gasteiger partial charge < -0.3 is 0 Å². The van der Waals surface area contributed by atoms with Crippen LogP contribution < -0.4 is 0 Å². The molecule has 32 heavy (non-hydrogen) atoms. The minimum absolute atomic E-state index is 0.196. The number of alkyl halides is 2. The fraction of sp³-hybridized carbons (Fsp3) is 0.586. The van der Waals surface area contributed by atoms with Crippen LogP contribution in [0.1, 0.15) is 101 Å². The largest absolute Gasteiger partial charge is 0.0928 e. The second kappa shape index (κ2) is 14.3. The molecule has 1 aliphatic rings. The third-order valence-electron chi connectivity index (χ3n) is 7.20. The van der Waals surface area contributed by atoms with Gasteiger partial charge in [0.25, 0.3) is 0 Å². The average molecular weight is 627 g/mol. The predicted octanol–water partition coefficient (Wildman–Crippen LogP) is 11.0. The van der Waals surface area contributed by atoms with Crippen molar-refractivity contribution in [3.8, 4) is 11.1 Å². The van der Waals surface area contributed by atoms with Crippen LogP contribution in [-0.4, -0.2) is 10.7 Å². The van der Waals surface area contributed by atoms with Gasteiger partial charge in [0, 0.05) is 20.5 Å². The van der Waals surface area contributed by atoms with E-state index in [4.69, 9.17) is 0 Å². The molecule has 0 unspecified atom stereocenters. The van der Waals surface area contributed by atoms with Crippen molar-refractivity contribution in [3.05, 3.63) is 58.1 Å². The summed E-state index contributed by atoms with van der Waals surface area (Å²) in [6.07, 6.45) is 18.8. The highest BCUT2D eigenvalue weighted by Crippen LogP contribution is 2.54. The van der Waals surface area contributed by atoms with Crippen molar-refractivity contribution in [1.82, 2.24) is 0 Å². The standard InChI is InChI=1S/C29H39Br3/c30-21-13-7-3-1-5-11-19-29(20-12-6-2-4-8-14-22-31)27-16-10-9-15-25(27)26-18-17-24(32)23-28(26)29/h9-10,15-18,23H,1-8,11-14,19-22H2. The molecule has 1 aliphatic carbocycles. The lowest BCUT2D eigenvalue weighted by atomic mass is 9.70. The highest BCUT2D eigenvalue weighted by Gasteiger charge is 2.41. The molecule has 0 saturated heterocycles. The molecule has 0 radical (unpaired) electrons. The molecule has 2 aromatic carbocycles. The van der Waals surface area contributed by atoms with Gasteiger partial charge in [-0.15, -0.1) is 0 Å². The summed E-state index contributed by atoms with van der Waals surface area (Å²) in [5.74, 6) is 0. The minimum Gasteiger partial charge on any atom is -0.0928 e. The summed E-state index contributed by atoms with van der Waals surface area (Å²) in [4.78, 5) is 0. The van der Waals surface area contributed by atoms with Crippen LogP contribution in [0.4, 0.5) is 0 Å². The summed E-state index contributed by atoms with van der Waals surface area (Å²) >= 11 is 10.9. The maximum Gasteiger partial charge on any atom is 0.0215 e. The molecule has 0 bridgehead atoms. The Kier molecular flexibility index (Phi) is 11.9. The van der Waals surface area contributed by atoms with Crippen LogP contribution in [-0.2, 0) is 5.41 Å². The molecule has 0 amide bonds. The zero-order chi connectivity index (χ0) is 22.7. The van der Waals surface area contributed by atoms with Gasteiger partial charge >= 0.3 is 0 Å². The number of hydrogen-bond acceptors (Lipinski definition) is 0. The maximum absolute atomic E-state index is 3.79. The Balaban J connectivity index is 1.73. The van der Waals surface area contributed by atoms with E-state index in [1.807, 2.05) is 0 Å². The molecule has 3 rings (SSSR count). The van der Waals surface area contributed by atoms with Crippen molar-refractivity contribution >= 4 is 47.8 Å². The number of halogens is 3. The molecular formula is C29H39Br3. The molecule has 176 valence electrons. The summed E-state index contributed by atoms with van der Waals surface area (Å²) in [5.41, 5.74) is 6.31. The molecule has 0 heterocycles. The lowest BCUT2D eigenvalue weighted by Crippen LogP contribution is -2.25. The Bertz CT molecular complexity index is 796. The zero-order valence-electron chi connectivity index (χ0n) is 19.5. The Morgan fingerprint density at radius 2 is 1.03 bits per heavy atom. The first-order chi connectivity index (χ1) is 15.7. The highest BCUT2D eigenvalue weighted by atomic mass is 79.9. The molecule has 0 saturated carbocycles. The Hall–Kier alpha value is -0.120. The smallest absolute Gasteiger partial charge is 0.0215 e. The van der Waals surface area contributed by atoms with E-state index in [-0.39, 0.29) is 5.41 Å². The summed E-state index contributed by atoms with van der Waals surface area (Å²) < 4.78 is 1.22. The van der Waals surface area contributed by atoms with Crippen molar-refractivity contribution in [2.45, 2.75) is 95.3 Å². The van der Waals surface area contributed by atoms with Gasteiger partial charge in [0.15, 0.2) is 0 Å². The van der Waals surface area contributed by atoms with E-state index >= 15 is 0 Å². The highest BCUT2D eigenvalue weighted by molar-refractivity contribution is 9.10. The maximum atomic E-state index is 3.79. The van der Waals surface area contributed by atoms with Crippen molar-refractivity contribution in [3.63, 3.8) is 0 Å². The Morgan fingerprint density at radius 3 is 1.62 bits per heavy atom. The van der Waals surface area contributed by atoms with E-state index in [1.165, 1.54) is 105 Å². The van der Waals surface area contributed by atoms with Crippen LogP contribution in [0, 0.1) is 0 Å². The summed E-state index contributed by atoms with van der Waals surface area (Å²) in [6.45, 7) is 0. The monoisotopic (exact) mass is 624 g/mol. The third kappa shape index (κ3) is 6.95. The van der Waals surface area contributed by atoms with Crippen molar-refractivity contribution < 1.29 is 0 Å². The van der Waals surface area contributed by atoms with Crippen molar-refractivity contribution in [1.29, 1.82) is 0 Å². The second-order valence-electron chi connectivity index (χ2n) is 9.44. The summed E-state index contributed by atoms with van der Waals surface area (Å²) in [5, 5.41) is 2.29. The van der Waals surface area contributed by atoms with Crippen LogP contribution in [0.2, 0.25) is 0 Å². The molecule has 0 nitrogen and oxygen atoms in total. The minimum atomic E-state index is 0.196. The van der Waals surface area contributed by atoms with Gasteiger partial charge in [-0.3, -0.25) is 0 Å². The predicted molar refractivity (Wildman–Crippen MR) is 153 cm³/mol. The van der Waals surface area contributed by atoms with Crippen LogP contribution >= 0.6 is 47.8 Å². The van der Waals surface area contributed by atoms with E-state index < -0.39 is 0 Å². The number of hydrogen-bond donors (Lipinski definition) is 0. The van der Waals surface area contributed by atoms with Gasteiger partial charge in [0.2, 0.25) is 0 Å². The SMILES string of the molecule is BrCCCCCCCCC1(CCCCCCCCBr)c2ccccc2-c2ccc(Br)cc21.